The Labute approximate surface area is 134 Å². The van der Waals surface area contributed by atoms with Crippen molar-refractivity contribution >= 4 is 17.5 Å². The molecular formula is C16H21N3O4. The number of anilines is 1. The number of carbonyl (C=O) groups excluding carboxylic acids is 2. The topological polar surface area (TPSA) is 93.9 Å². The maximum Gasteiger partial charge on any atom is 0.238 e. The SMILES string of the molecule is NC(=O)C1CCN(CC(=O)Nc2ccc3c(c2)OCCO3)CC1. The standard InChI is InChI=1S/C16H21N3O4/c17-16(21)11-3-5-19(6-4-11)10-15(20)18-12-1-2-13-14(9-12)23-8-7-22-13/h1-2,9,11H,3-8,10H2,(H2,17,21)(H,18,20). The molecule has 1 aromatic rings. The molecule has 0 bridgehead atoms. The number of hydrogen-bond donors (Lipinski definition) is 2. The quantitative estimate of drug-likeness (QED) is 0.847. The van der Waals surface area contributed by atoms with Gasteiger partial charge in [0, 0.05) is 17.7 Å². The molecule has 2 aliphatic heterocycles. The Morgan fingerprint density at radius 1 is 1.17 bits per heavy atom. The lowest BCUT2D eigenvalue weighted by molar-refractivity contribution is -0.123. The van der Waals surface area contributed by atoms with Gasteiger partial charge in [0.15, 0.2) is 11.5 Å². The molecule has 1 saturated heterocycles. The Morgan fingerprint density at radius 3 is 2.57 bits per heavy atom. The van der Waals surface area contributed by atoms with Gasteiger partial charge in [0.05, 0.1) is 6.54 Å². The molecule has 2 amide bonds. The van der Waals surface area contributed by atoms with Gasteiger partial charge >= 0.3 is 0 Å². The molecule has 3 N–H and O–H groups in total. The number of fused-ring (bicyclic) bond motifs is 1. The third-order valence-corrected chi connectivity index (χ3v) is 4.18. The van der Waals surface area contributed by atoms with E-state index in [1.807, 2.05) is 4.90 Å². The first-order valence-corrected chi connectivity index (χ1v) is 7.83. The Kier molecular flexibility index (Phi) is 4.66. The Balaban J connectivity index is 1.51. The van der Waals surface area contributed by atoms with Crippen LogP contribution >= 0.6 is 0 Å². The number of likely N-dealkylation sites (tertiary alicyclic amines) is 1. The van der Waals surface area contributed by atoms with Crippen molar-refractivity contribution in [1.82, 2.24) is 4.90 Å². The number of ether oxygens (including phenoxy) is 2. The van der Waals surface area contributed by atoms with Gasteiger partial charge in [-0.2, -0.15) is 0 Å². The van der Waals surface area contributed by atoms with E-state index in [9.17, 15) is 9.59 Å². The minimum absolute atomic E-state index is 0.0629. The summed E-state index contributed by atoms with van der Waals surface area (Å²) in [6, 6.07) is 5.36. The molecule has 0 saturated carbocycles. The lowest BCUT2D eigenvalue weighted by Gasteiger charge is -2.29. The summed E-state index contributed by atoms with van der Waals surface area (Å²) < 4.78 is 10.9. The number of rotatable bonds is 4. The van der Waals surface area contributed by atoms with Gasteiger partial charge in [-0.05, 0) is 38.1 Å². The third kappa shape index (κ3) is 3.92. The normalized spacial score (nSPS) is 18.4. The van der Waals surface area contributed by atoms with Gasteiger partial charge in [0.2, 0.25) is 11.8 Å². The highest BCUT2D eigenvalue weighted by Gasteiger charge is 2.24. The monoisotopic (exact) mass is 319 g/mol. The van der Waals surface area contributed by atoms with E-state index in [0.717, 1.165) is 0 Å². The molecule has 2 aliphatic rings. The maximum absolute atomic E-state index is 12.1. The van der Waals surface area contributed by atoms with Gasteiger partial charge in [0.25, 0.3) is 0 Å². The highest BCUT2D eigenvalue weighted by Crippen LogP contribution is 2.32. The number of nitrogens with zero attached hydrogens (tertiary/aromatic N) is 1. The fraction of sp³-hybridized carbons (Fsp3) is 0.500. The summed E-state index contributed by atoms with van der Waals surface area (Å²) >= 11 is 0. The lowest BCUT2D eigenvalue weighted by atomic mass is 9.96. The molecule has 0 aromatic heterocycles. The number of primary amides is 1. The van der Waals surface area contributed by atoms with Crippen LogP contribution in [-0.2, 0) is 9.59 Å². The Hall–Kier alpha value is -2.28. The van der Waals surface area contributed by atoms with E-state index in [4.69, 9.17) is 15.2 Å². The van der Waals surface area contributed by atoms with Crippen LogP contribution in [0, 0.1) is 5.92 Å². The van der Waals surface area contributed by atoms with E-state index in [-0.39, 0.29) is 17.7 Å². The number of piperidine rings is 1. The van der Waals surface area contributed by atoms with Crippen molar-refractivity contribution in [3.05, 3.63) is 18.2 Å². The van der Waals surface area contributed by atoms with Crippen molar-refractivity contribution < 1.29 is 19.1 Å². The van der Waals surface area contributed by atoms with Crippen LogP contribution in [0.5, 0.6) is 11.5 Å². The average Bonchev–Trinajstić information content (AvgIpc) is 2.55. The first-order valence-electron chi connectivity index (χ1n) is 7.83. The summed E-state index contributed by atoms with van der Waals surface area (Å²) in [7, 11) is 0. The van der Waals surface area contributed by atoms with Crippen molar-refractivity contribution in [3.8, 4) is 11.5 Å². The van der Waals surface area contributed by atoms with E-state index in [1.54, 1.807) is 18.2 Å². The van der Waals surface area contributed by atoms with Crippen LogP contribution in [0.1, 0.15) is 12.8 Å². The highest BCUT2D eigenvalue weighted by molar-refractivity contribution is 5.92. The fourth-order valence-corrected chi connectivity index (χ4v) is 2.90. The van der Waals surface area contributed by atoms with Crippen molar-refractivity contribution in [2.24, 2.45) is 11.7 Å². The van der Waals surface area contributed by atoms with Gasteiger partial charge in [-0.15, -0.1) is 0 Å². The van der Waals surface area contributed by atoms with Crippen LogP contribution in [-0.4, -0.2) is 49.6 Å². The predicted octanol–water partition coefficient (Wildman–Crippen LogP) is 0.594. The molecule has 124 valence electrons. The second-order valence-corrected chi connectivity index (χ2v) is 5.86. The fourth-order valence-electron chi connectivity index (χ4n) is 2.90. The zero-order valence-electron chi connectivity index (χ0n) is 12.9. The van der Waals surface area contributed by atoms with Crippen LogP contribution in [0.3, 0.4) is 0 Å². The lowest BCUT2D eigenvalue weighted by Crippen LogP contribution is -2.42. The summed E-state index contributed by atoms with van der Waals surface area (Å²) in [6.45, 7) is 2.78. The predicted molar refractivity (Wildman–Crippen MR) is 84.4 cm³/mol. The molecule has 0 unspecified atom stereocenters. The van der Waals surface area contributed by atoms with E-state index >= 15 is 0 Å². The first-order chi connectivity index (χ1) is 11.1. The zero-order valence-corrected chi connectivity index (χ0v) is 12.9. The van der Waals surface area contributed by atoms with Crippen molar-refractivity contribution in [3.63, 3.8) is 0 Å². The van der Waals surface area contributed by atoms with Crippen molar-refractivity contribution in [1.29, 1.82) is 0 Å². The molecule has 3 rings (SSSR count). The van der Waals surface area contributed by atoms with E-state index in [1.165, 1.54) is 0 Å². The molecule has 0 radical (unpaired) electrons. The minimum atomic E-state index is -0.245. The third-order valence-electron chi connectivity index (χ3n) is 4.18. The number of nitrogens with one attached hydrogen (secondary N) is 1. The van der Waals surface area contributed by atoms with Crippen molar-refractivity contribution in [2.75, 3.05) is 38.2 Å². The summed E-state index contributed by atoms with van der Waals surface area (Å²) in [5.74, 6) is 0.954. The summed E-state index contributed by atoms with van der Waals surface area (Å²) in [4.78, 5) is 25.3. The van der Waals surface area contributed by atoms with Crippen LogP contribution < -0.4 is 20.5 Å². The first kappa shape index (κ1) is 15.6. The van der Waals surface area contributed by atoms with Gasteiger partial charge in [0.1, 0.15) is 13.2 Å². The van der Waals surface area contributed by atoms with Gasteiger partial charge < -0.3 is 20.5 Å². The molecule has 23 heavy (non-hydrogen) atoms. The average molecular weight is 319 g/mol. The molecule has 0 spiro atoms. The van der Waals surface area contributed by atoms with Gasteiger partial charge in [-0.25, -0.2) is 0 Å². The van der Waals surface area contributed by atoms with Crippen LogP contribution in [0.25, 0.3) is 0 Å². The van der Waals surface area contributed by atoms with Crippen LogP contribution in [0.2, 0.25) is 0 Å². The molecule has 7 heteroatoms. The Morgan fingerprint density at radius 2 is 1.87 bits per heavy atom. The number of hydrogen-bond acceptors (Lipinski definition) is 5. The largest absolute Gasteiger partial charge is 0.486 e. The number of carbonyl (C=O) groups is 2. The highest BCUT2D eigenvalue weighted by atomic mass is 16.6. The second kappa shape index (κ2) is 6.87. The zero-order chi connectivity index (χ0) is 16.2. The molecule has 0 atom stereocenters. The number of amides is 2. The smallest absolute Gasteiger partial charge is 0.238 e. The summed E-state index contributed by atoms with van der Waals surface area (Å²) in [6.07, 6.45) is 1.43. The molecule has 1 aromatic carbocycles. The molecular weight excluding hydrogens is 298 g/mol. The minimum Gasteiger partial charge on any atom is -0.486 e. The van der Waals surface area contributed by atoms with Gasteiger partial charge in [-0.3, -0.25) is 14.5 Å². The summed E-state index contributed by atoms with van der Waals surface area (Å²) in [5, 5.41) is 2.87. The van der Waals surface area contributed by atoms with E-state index < -0.39 is 0 Å². The maximum atomic E-state index is 12.1. The second-order valence-electron chi connectivity index (χ2n) is 5.86. The molecule has 7 nitrogen and oxygen atoms in total. The van der Waals surface area contributed by atoms with Crippen LogP contribution in [0.4, 0.5) is 5.69 Å². The molecule has 1 fully saturated rings. The molecule has 2 heterocycles. The molecule has 0 aliphatic carbocycles. The van der Waals surface area contributed by atoms with E-state index in [2.05, 4.69) is 5.32 Å². The summed E-state index contributed by atoms with van der Waals surface area (Å²) in [5.41, 5.74) is 6.00. The van der Waals surface area contributed by atoms with Crippen molar-refractivity contribution in [2.45, 2.75) is 12.8 Å². The van der Waals surface area contributed by atoms with E-state index in [0.29, 0.717) is 62.9 Å². The van der Waals surface area contributed by atoms with Crippen LogP contribution in [0.15, 0.2) is 18.2 Å². The number of benzene rings is 1. The van der Waals surface area contributed by atoms with Gasteiger partial charge in [-0.1, -0.05) is 0 Å². The number of nitrogens with two attached hydrogens (primary N) is 1. The Bertz CT molecular complexity index is 597.